The topological polar surface area (TPSA) is 42.7 Å². The van der Waals surface area contributed by atoms with Crippen LogP contribution in [0.5, 0.6) is 0 Å². The van der Waals surface area contributed by atoms with Gasteiger partial charge in [0.2, 0.25) is 0 Å². The van der Waals surface area contributed by atoms with Gasteiger partial charge in [0.25, 0.3) is 0 Å². The van der Waals surface area contributed by atoms with E-state index in [4.69, 9.17) is 0 Å². The fourth-order valence-electron chi connectivity index (χ4n) is 1.70. The van der Waals surface area contributed by atoms with Gasteiger partial charge in [0, 0.05) is 18.9 Å². The van der Waals surface area contributed by atoms with Gasteiger partial charge >= 0.3 is 0 Å². The molecule has 0 saturated heterocycles. The van der Waals surface area contributed by atoms with E-state index in [1.165, 1.54) is 5.56 Å². The quantitative estimate of drug-likeness (QED) is 0.877. The van der Waals surface area contributed by atoms with Gasteiger partial charge in [-0.1, -0.05) is 19.9 Å². The SMILES string of the molecule is Cc1ccn(-c2ccc(CNCC(C)C)cn2)n1. The van der Waals surface area contributed by atoms with E-state index in [0.29, 0.717) is 5.92 Å². The zero-order valence-electron chi connectivity index (χ0n) is 11.2. The molecule has 0 unspecified atom stereocenters. The third-order valence-corrected chi connectivity index (χ3v) is 2.65. The molecule has 0 saturated carbocycles. The van der Waals surface area contributed by atoms with Gasteiger partial charge in [0.1, 0.15) is 0 Å². The second-order valence-corrected chi connectivity index (χ2v) is 4.95. The second kappa shape index (κ2) is 5.78. The first kappa shape index (κ1) is 12.8. The average Bonchev–Trinajstić information content (AvgIpc) is 2.76. The summed E-state index contributed by atoms with van der Waals surface area (Å²) in [6.45, 7) is 8.27. The number of nitrogens with one attached hydrogen (secondary N) is 1. The Bertz CT molecular complexity index is 485. The number of hydrogen-bond acceptors (Lipinski definition) is 3. The molecule has 2 rings (SSSR count). The van der Waals surface area contributed by atoms with Crippen LogP contribution in [0.4, 0.5) is 0 Å². The van der Waals surface area contributed by atoms with Crippen molar-refractivity contribution in [3.8, 4) is 5.82 Å². The van der Waals surface area contributed by atoms with Crippen LogP contribution in [0.1, 0.15) is 25.1 Å². The molecule has 0 aromatic carbocycles. The van der Waals surface area contributed by atoms with Crippen LogP contribution >= 0.6 is 0 Å². The van der Waals surface area contributed by atoms with Crippen LogP contribution in [0.15, 0.2) is 30.6 Å². The Kier molecular flexibility index (Phi) is 4.10. The molecule has 1 N–H and O–H groups in total. The number of aromatic nitrogens is 3. The molecule has 0 amide bonds. The Hall–Kier alpha value is -1.68. The normalized spacial score (nSPS) is 11.1. The molecular weight excluding hydrogens is 224 g/mol. The zero-order valence-corrected chi connectivity index (χ0v) is 11.2. The Morgan fingerprint density at radius 3 is 2.67 bits per heavy atom. The minimum absolute atomic E-state index is 0.671. The predicted molar refractivity (Wildman–Crippen MR) is 72.6 cm³/mol. The first-order valence-electron chi connectivity index (χ1n) is 6.33. The first-order chi connectivity index (χ1) is 8.65. The third kappa shape index (κ3) is 3.40. The van der Waals surface area contributed by atoms with Gasteiger partial charge in [-0.15, -0.1) is 0 Å². The number of aryl methyl sites for hydroxylation is 1. The Morgan fingerprint density at radius 2 is 2.11 bits per heavy atom. The lowest BCUT2D eigenvalue weighted by atomic mass is 10.2. The highest BCUT2D eigenvalue weighted by atomic mass is 15.3. The molecule has 0 aliphatic rings. The Morgan fingerprint density at radius 1 is 1.28 bits per heavy atom. The summed E-state index contributed by atoms with van der Waals surface area (Å²) in [6, 6.07) is 6.06. The van der Waals surface area contributed by atoms with Crippen molar-refractivity contribution < 1.29 is 0 Å². The summed E-state index contributed by atoms with van der Waals surface area (Å²) in [4.78, 5) is 4.42. The van der Waals surface area contributed by atoms with Crippen molar-refractivity contribution >= 4 is 0 Å². The molecule has 4 nitrogen and oxygen atoms in total. The Balaban J connectivity index is 1.97. The van der Waals surface area contributed by atoms with Crippen LogP contribution < -0.4 is 5.32 Å². The summed E-state index contributed by atoms with van der Waals surface area (Å²) < 4.78 is 1.79. The molecule has 2 aromatic rings. The first-order valence-corrected chi connectivity index (χ1v) is 6.33. The molecule has 0 bridgehead atoms. The van der Waals surface area contributed by atoms with Gasteiger partial charge in [-0.05, 0) is 37.1 Å². The molecule has 18 heavy (non-hydrogen) atoms. The molecule has 0 aliphatic carbocycles. The van der Waals surface area contributed by atoms with Crippen molar-refractivity contribution in [1.82, 2.24) is 20.1 Å². The van der Waals surface area contributed by atoms with E-state index < -0.39 is 0 Å². The maximum absolute atomic E-state index is 4.42. The van der Waals surface area contributed by atoms with E-state index >= 15 is 0 Å². The zero-order chi connectivity index (χ0) is 13.0. The van der Waals surface area contributed by atoms with Crippen LogP contribution in [0.2, 0.25) is 0 Å². The molecular formula is C14H20N4. The molecule has 0 atom stereocenters. The van der Waals surface area contributed by atoms with Crippen molar-refractivity contribution in [3.05, 3.63) is 41.9 Å². The van der Waals surface area contributed by atoms with Crippen LogP contribution in [0.25, 0.3) is 5.82 Å². The van der Waals surface area contributed by atoms with Crippen LogP contribution in [-0.4, -0.2) is 21.3 Å². The minimum Gasteiger partial charge on any atom is -0.312 e. The summed E-state index contributed by atoms with van der Waals surface area (Å²) in [5.41, 5.74) is 2.20. The monoisotopic (exact) mass is 244 g/mol. The maximum Gasteiger partial charge on any atom is 0.153 e. The minimum atomic E-state index is 0.671. The highest BCUT2D eigenvalue weighted by Crippen LogP contribution is 2.06. The van der Waals surface area contributed by atoms with Gasteiger partial charge in [-0.2, -0.15) is 5.10 Å². The van der Waals surface area contributed by atoms with Crippen LogP contribution in [-0.2, 0) is 6.54 Å². The maximum atomic E-state index is 4.42. The summed E-state index contributed by atoms with van der Waals surface area (Å²) in [5, 5.41) is 7.74. The van der Waals surface area contributed by atoms with E-state index in [0.717, 1.165) is 24.6 Å². The molecule has 4 heteroatoms. The molecule has 96 valence electrons. The molecule has 0 spiro atoms. The van der Waals surface area contributed by atoms with E-state index in [1.54, 1.807) is 4.68 Å². The standard InChI is InChI=1S/C14H20N4/c1-11(2)8-15-9-13-4-5-14(16-10-13)18-7-6-12(3)17-18/h4-7,10-11,15H,8-9H2,1-3H3. The van der Waals surface area contributed by atoms with Gasteiger partial charge in [0.05, 0.1) is 5.69 Å². The van der Waals surface area contributed by atoms with Crippen molar-refractivity contribution in [2.75, 3.05) is 6.54 Å². The Labute approximate surface area is 108 Å². The fourth-order valence-corrected chi connectivity index (χ4v) is 1.70. The lowest BCUT2D eigenvalue weighted by molar-refractivity contribution is 0.552. The third-order valence-electron chi connectivity index (χ3n) is 2.65. The number of hydrogen-bond donors (Lipinski definition) is 1. The van der Waals surface area contributed by atoms with Crippen molar-refractivity contribution in [2.45, 2.75) is 27.3 Å². The summed E-state index contributed by atoms with van der Waals surface area (Å²) >= 11 is 0. The van der Waals surface area contributed by atoms with E-state index in [9.17, 15) is 0 Å². The summed E-state index contributed by atoms with van der Waals surface area (Å²) in [6.07, 6.45) is 3.83. The molecule has 2 aromatic heterocycles. The number of nitrogens with zero attached hydrogens (tertiary/aromatic N) is 3. The lowest BCUT2D eigenvalue weighted by Gasteiger charge is -2.07. The van der Waals surface area contributed by atoms with E-state index in [-0.39, 0.29) is 0 Å². The van der Waals surface area contributed by atoms with Gasteiger partial charge in [-0.25, -0.2) is 9.67 Å². The molecule has 0 aliphatic heterocycles. The van der Waals surface area contributed by atoms with E-state index in [2.05, 4.69) is 35.3 Å². The summed E-state index contributed by atoms with van der Waals surface area (Å²) in [5.74, 6) is 1.53. The smallest absolute Gasteiger partial charge is 0.153 e. The molecule has 2 heterocycles. The van der Waals surface area contributed by atoms with Crippen molar-refractivity contribution in [3.63, 3.8) is 0 Å². The fraction of sp³-hybridized carbons (Fsp3) is 0.429. The largest absolute Gasteiger partial charge is 0.312 e. The highest BCUT2D eigenvalue weighted by Gasteiger charge is 2.00. The summed E-state index contributed by atoms with van der Waals surface area (Å²) in [7, 11) is 0. The molecule has 0 fully saturated rings. The van der Waals surface area contributed by atoms with Gasteiger partial charge in [0.15, 0.2) is 5.82 Å². The van der Waals surface area contributed by atoms with Crippen molar-refractivity contribution in [2.24, 2.45) is 5.92 Å². The van der Waals surface area contributed by atoms with E-state index in [1.807, 2.05) is 31.5 Å². The molecule has 0 radical (unpaired) electrons. The number of rotatable bonds is 5. The lowest BCUT2D eigenvalue weighted by Crippen LogP contribution is -2.19. The average molecular weight is 244 g/mol. The van der Waals surface area contributed by atoms with Gasteiger partial charge in [-0.3, -0.25) is 0 Å². The van der Waals surface area contributed by atoms with Crippen molar-refractivity contribution in [1.29, 1.82) is 0 Å². The number of pyridine rings is 1. The van der Waals surface area contributed by atoms with Crippen LogP contribution in [0.3, 0.4) is 0 Å². The predicted octanol–water partition coefficient (Wildman–Crippen LogP) is 2.32. The second-order valence-electron chi connectivity index (χ2n) is 4.95. The van der Waals surface area contributed by atoms with Crippen LogP contribution in [0, 0.1) is 12.8 Å². The highest BCUT2D eigenvalue weighted by molar-refractivity contribution is 5.25. The van der Waals surface area contributed by atoms with Gasteiger partial charge < -0.3 is 5.32 Å².